The molecule has 3 aromatic rings. The minimum atomic E-state index is -3.91. The van der Waals surface area contributed by atoms with Gasteiger partial charge in [0.1, 0.15) is 0 Å². The molecule has 0 bridgehead atoms. The monoisotopic (exact) mass is 479 g/mol. The number of hydrogen-bond acceptors (Lipinski definition) is 4. The number of nitrogens with zero attached hydrogens (tertiary/aromatic N) is 1. The van der Waals surface area contributed by atoms with Gasteiger partial charge in [0.25, 0.3) is 21.8 Å². The summed E-state index contributed by atoms with van der Waals surface area (Å²) in [4.78, 5) is 25.6. The fourth-order valence-corrected chi connectivity index (χ4v) is 5.27. The van der Waals surface area contributed by atoms with Crippen LogP contribution in [0.2, 0.25) is 0 Å². The molecule has 178 valence electrons. The molecule has 0 atom stereocenters. The third-order valence-electron chi connectivity index (χ3n) is 5.31. The molecule has 0 saturated heterocycles. The summed E-state index contributed by atoms with van der Waals surface area (Å²) < 4.78 is 28.3. The highest BCUT2D eigenvalue weighted by molar-refractivity contribution is 7.92. The molecular formula is C26H29N3O4S. The van der Waals surface area contributed by atoms with Crippen LogP contribution in [0.15, 0.2) is 77.7 Å². The van der Waals surface area contributed by atoms with E-state index in [1.165, 1.54) is 10.4 Å². The van der Waals surface area contributed by atoms with Crippen LogP contribution in [0.4, 0.5) is 11.4 Å². The molecule has 2 N–H and O–H groups in total. The SMILES string of the molecule is CCCNC(=O)c1ccccc1NC(=O)c1ccc(C)c(S(=O)(=O)N(CC)c2ccccc2)c1. The number of nitrogens with one attached hydrogen (secondary N) is 2. The molecule has 0 radical (unpaired) electrons. The molecular weight excluding hydrogens is 450 g/mol. The zero-order valence-corrected chi connectivity index (χ0v) is 20.4. The van der Waals surface area contributed by atoms with E-state index in [1.807, 2.05) is 13.0 Å². The quantitative estimate of drug-likeness (QED) is 0.469. The van der Waals surface area contributed by atoms with E-state index in [-0.39, 0.29) is 22.9 Å². The van der Waals surface area contributed by atoms with Crippen molar-refractivity contribution in [2.75, 3.05) is 22.7 Å². The number of aryl methyl sites for hydroxylation is 1. The maximum atomic E-state index is 13.5. The molecule has 0 unspecified atom stereocenters. The van der Waals surface area contributed by atoms with Gasteiger partial charge < -0.3 is 10.6 Å². The smallest absolute Gasteiger partial charge is 0.264 e. The number of amides is 2. The molecule has 0 aliphatic rings. The first-order chi connectivity index (χ1) is 16.3. The molecule has 7 nitrogen and oxygen atoms in total. The maximum Gasteiger partial charge on any atom is 0.264 e. The molecule has 3 rings (SSSR count). The van der Waals surface area contributed by atoms with Crippen LogP contribution >= 0.6 is 0 Å². The van der Waals surface area contributed by atoms with Crippen LogP contribution in [0.25, 0.3) is 0 Å². The molecule has 0 saturated carbocycles. The second kappa shape index (κ2) is 11.0. The number of carbonyl (C=O) groups excluding carboxylic acids is 2. The van der Waals surface area contributed by atoms with Gasteiger partial charge in [-0.2, -0.15) is 0 Å². The summed E-state index contributed by atoms with van der Waals surface area (Å²) >= 11 is 0. The zero-order chi connectivity index (χ0) is 24.7. The van der Waals surface area contributed by atoms with Crippen LogP contribution in [0, 0.1) is 6.92 Å². The van der Waals surface area contributed by atoms with Gasteiger partial charge in [-0.3, -0.25) is 13.9 Å². The number of anilines is 2. The van der Waals surface area contributed by atoms with E-state index in [9.17, 15) is 18.0 Å². The first-order valence-corrected chi connectivity index (χ1v) is 12.6. The van der Waals surface area contributed by atoms with Gasteiger partial charge in [-0.05, 0) is 62.2 Å². The second-order valence-electron chi connectivity index (χ2n) is 7.74. The van der Waals surface area contributed by atoms with Crippen molar-refractivity contribution < 1.29 is 18.0 Å². The number of para-hydroxylation sites is 2. The highest BCUT2D eigenvalue weighted by atomic mass is 32.2. The number of benzene rings is 3. The molecule has 2 amide bonds. The molecule has 8 heteroatoms. The van der Waals surface area contributed by atoms with Crippen molar-refractivity contribution in [3.8, 4) is 0 Å². The van der Waals surface area contributed by atoms with Gasteiger partial charge in [-0.15, -0.1) is 0 Å². The van der Waals surface area contributed by atoms with Gasteiger partial charge in [0.2, 0.25) is 0 Å². The Kier molecular flexibility index (Phi) is 8.07. The number of hydrogen-bond donors (Lipinski definition) is 2. The van der Waals surface area contributed by atoms with Crippen molar-refractivity contribution in [3.63, 3.8) is 0 Å². The lowest BCUT2D eigenvalue weighted by Crippen LogP contribution is -2.31. The van der Waals surface area contributed by atoms with Crippen LogP contribution in [-0.4, -0.2) is 33.3 Å². The van der Waals surface area contributed by atoms with E-state index in [2.05, 4.69) is 10.6 Å². The van der Waals surface area contributed by atoms with Crippen molar-refractivity contribution in [2.24, 2.45) is 0 Å². The molecule has 34 heavy (non-hydrogen) atoms. The molecule has 0 aliphatic heterocycles. The van der Waals surface area contributed by atoms with E-state index < -0.39 is 15.9 Å². The molecule has 0 fully saturated rings. The van der Waals surface area contributed by atoms with Crippen LogP contribution in [0.5, 0.6) is 0 Å². The second-order valence-corrected chi connectivity index (χ2v) is 9.57. The third-order valence-corrected chi connectivity index (χ3v) is 7.35. The highest BCUT2D eigenvalue weighted by Crippen LogP contribution is 2.27. The largest absolute Gasteiger partial charge is 0.352 e. The van der Waals surface area contributed by atoms with Gasteiger partial charge in [-0.1, -0.05) is 43.3 Å². The Labute approximate surface area is 200 Å². The summed E-state index contributed by atoms with van der Waals surface area (Å²) in [6.07, 6.45) is 0.790. The predicted molar refractivity (Wildman–Crippen MR) is 135 cm³/mol. The Balaban J connectivity index is 1.93. The van der Waals surface area contributed by atoms with E-state index >= 15 is 0 Å². The van der Waals surface area contributed by atoms with Crippen molar-refractivity contribution >= 4 is 33.2 Å². The Bertz CT molecular complexity index is 1270. The number of rotatable bonds is 9. The number of sulfonamides is 1. The average Bonchev–Trinajstić information content (AvgIpc) is 2.84. The summed E-state index contributed by atoms with van der Waals surface area (Å²) in [7, 11) is -3.91. The summed E-state index contributed by atoms with van der Waals surface area (Å²) in [6, 6.07) is 20.1. The third kappa shape index (κ3) is 5.46. The lowest BCUT2D eigenvalue weighted by Gasteiger charge is -2.24. The van der Waals surface area contributed by atoms with Crippen LogP contribution in [0.1, 0.15) is 46.5 Å². The van der Waals surface area contributed by atoms with E-state index in [0.717, 1.165) is 6.42 Å². The molecule has 0 aromatic heterocycles. The van der Waals surface area contributed by atoms with Gasteiger partial charge in [0.15, 0.2) is 0 Å². The Morgan fingerprint density at radius 2 is 1.56 bits per heavy atom. The Hall–Kier alpha value is -3.65. The van der Waals surface area contributed by atoms with E-state index in [1.54, 1.807) is 74.5 Å². The normalized spacial score (nSPS) is 11.0. The lowest BCUT2D eigenvalue weighted by atomic mass is 10.1. The minimum Gasteiger partial charge on any atom is -0.352 e. The Morgan fingerprint density at radius 1 is 0.882 bits per heavy atom. The van der Waals surface area contributed by atoms with E-state index in [0.29, 0.717) is 29.0 Å². The molecule has 0 spiro atoms. The zero-order valence-electron chi connectivity index (χ0n) is 19.5. The maximum absolute atomic E-state index is 13.5. The van der Waals surface area contributed by atoms with Crippen molar-refractivity contribution in [1.82, 2.24) is 5.32 Å². The van der Waals surface area contributed by atoms with Gasteiger partial charge in [0, 0.05) is 18.7 Å². The summed E-state index contributed by atoms with van der Waals surface area (Å²) in [5.41, 5.74) is 1.95. The average molecular weight is 480 g/mol. The summed E-state index contributed by atoms with van der Waals surface area (Å²) in [5, 5.41) is 5.55. The first kappa shape index (κ1) is 25.0. The number of carbonyl (C=O) groups is 2. The van der Waals surface area contributed by atoms with Crippen molar-refractivity contribution in [2.45, 2.75) is 32.1 Å². The topological polar surface area (TPSA) is 95.6 Å². The predicted octanol–water partition coefficient (Wildman–Crippen LogP) is 4.60. The first-order valence-electron chi connectivity index (χ1n) is 11.2. The molecule has 0 aliphatic carbocycles. The standard InChI is InChI=1S/C26H29N3O4S/c1-4-17-27-26(31)22-13-9-10-14-23(22)28-25(30)20-16-15-19(3)24(18-20)34(32,33)29(5-2)21-11-7-6-8-12-21/h6-16,18H,4-5,17H2,1-3H3,(H,27,31)(H,28,30). The van der Waals surface area contributed by atoms with Crippen LogP contribution in [0.3, 0.4) is 0 Å². The summed E-state index contributed by atoms with van der Waals surface area (Å²) in [5.74, 6) is -0.790. The lowest BCUT2D eigenvalue weighted by molar-refractivity contribution is 0.0954. The van der Waals surface area contributed by atoms with Crippen LogP contribution in [-0.2, 0) is 10.0 Å². The summed E-state index contributed by atoms with van der Waals surface area (Å²) in [6.45, 7) is 6.17. The minimum absolute atomic E-state index is 0.0554. The fraction of sp³-hybridized carbons (Fsp3) is 0.231. The fourth-order valence-electron chi connectivity index (χ4n) is 3.54. The molecule has 0 heterocycles. The van der Waals surface area contributed by atoms with Gasteiger partial charge >= 0.3 is 0 Å². The highest BCUT2D eigenvalue weighted by Gasteiger charge is 2.26. The van der Waals surface area contributed by atoms with Crippen molar-refractivity contribution in [1.29, 1.82) is 0 Å². The van der Waals surface area contributed by atoms with Crippen LogP contribution < -0.4 is 14.9 Å². The van der Waals surface area contributed by atoms with Crippen molar-refractivity contribution in [3.05, 3.63) is 89.5 Å². The van der Waals surface area contributed by atoms with Gasteiger partial charge in [-0.25, -0.2) is 8.42 Å². The van der Waals surface area contributed by atoms with E-state index in [4.69, 9.17) is 0 Å². The Morgan fingerprint density at radius 3 is 2.24 bits per heavy atom. The molecule has 3 aromatic carbocycles. The van der Waals surface area contributed by atoms with Gasteiger partial charge in [0.05, 0.1) is 21.8 Å².